The molecule has 0 spiro atoms. The number of nitrogens with one attached hydrogen (secondary N) is 1. The van der Waals surface area contributed by atoms with Crippen LogP contribution in [0.4, 0.5) is 0 Å². The molecule has 1 aliphatic carbocycles. The monoisotopic (exact) mass is 418 g/mol. The SMILES string of the molecule is CC1=CC(N2CC[C@H](C)[C@H]2c2nc3cc(Cl)c(C)cc3[nH]2)=C(c2cccnc2)CC1. The van der Waals surface area contributed by atoms with E-state index in [-0.39, 0.29) is 6.04 Å². The molecule has 5 rings (SSSR count). The van der Waals surface area contributed by atoms with E-state index < -0.39 is 0 Å². The molecule has 1 aliphatic heterocycles. The number of pyridine rings is 1. The highest BCUT2D eigenvalue weighted by atomic mass is 35.5. The number of fused-ring (bicyclic) bond motifs is 1. The quantitative estimate of drug-likeness (QED) is 0.531. The molecule has 2 aromatic heterocycles. The maximum atomic E-state index is 6.35. The van der Waals surface area contributed by atoms with E-state index in [1.165, 1.54) is 22.4 Å². The van der Waals surface area contributed by atoms with Crippen LogP contribution in [0.15, 0.2) is 54.0 Å². The van der Waals surface area contributed by atoms with Gasteiger partial charge in [-0.2, -0.15) is 0 Å². The van der Waals surface area contributed by atoms with Crippen LogP contribution in [-0.2, 0) is 0 Å². The lowest BCUT2D eigenvalue weighted by molar-refractivity contribution is 0.291. The van der Waals surface area contributed by atoms with Crippen LogP contribution in [0.1, 0.15) is 56.1 Å². The average Bonchev–Trinajstić information content (AvgIpc) is 3.31. The van der Waals surface area contributed by atoms with E-state index in [2.05, 4.69) is 46.9 Å². The molecule has 1 N–H and O–H groups in total. The average molecular weight is 419 g/mol. The summed E-state index contributed by atoms with van der Waals surface area (Å²) in [4.78, 5) is 15.5. The third-order valence-electron chi connectivity index (χ3n) is 6.54. The van der Waals surface area contributed by atoms with Crippen molar-refractivity contribution in [1.82, 2.24) is 19.9 Å². The Balaban J connectivity index is 1.61. The second kappa shape index (κ2) is 7.59. The number of halogens is 1. The summed E-state index contributed by atoms with van der Waals surface area (Å²) in [6.45, 7) is 7.64. The first kappa shape index (κ1) is 19.4. The van der Waals surface area contributed by atoms with E-state index in [0.717, 1.165) is 53.3 Å². The molecule has 0 saturated carbocycles. The highest BCUT2D eigenvalue weighted by Crippen LogP contribution is 2.43. The summed E-state index contributed by atoms with van der Waals surface area (Å²) >= 11 is 6.35. The number of aryl methyl sites for hydroxylation is 1. The second-order valence-electron chi connectivity index (χ2n) is 8.74. The van der Waals surface area contributed by atoms with E-state index in [9.17, 15) is 0 Å². The molecule has 4 nitrogen and oxygen atoms in total. The molecule has 0 unspecified atom stereocenters. The number of nitrogens with zero attached hydrogens (tertiary/aromatic N) is 3. The minimum absolute atomic E-state index is 0.223. The number of H-pyrrole nitrogens is 1. The highest BCUT2D eigenvalue weighted by molar-refractivity contribution is 6.32. The minimum Gasteiger partial charge on any atom is -0.361 e. The van der Waals surface area contributed by atoms with Crippen LogP contribution in [0, 0.1) is 12.8 Å². The van der Waals surface area contributed by atoms with Crippen molar-refractivity contribution in [2.75, 3.05) is 6.54 Å². The van der Waals surface area contributed by atoms with Crippen LogP contribution in [0.2, 0.25) is 5.02 Å². The number of likely N-dealkylation sites (tertiary alicyclic amines) is 1. The van der Waals surface area contributed by atoms with E-state index in [1.807, 2.05) is 31.5 Å². The zero-order chi connectivity index (χ0) is 20.8. The van der Waals surface area contributed by atoms with Gasteiger partial charge in [0.05, 0.1) is 17.1 Å². The standard InChI is InChI=1S/C25H27ClN4/c1-15-6-7-19(18-5-4-9-27-14-18)23(11-15)30-10-8-16(2)24(30)25-28-21-12-17(3)20(26)13-22(21)29-25/h4-5,9,11-14,16,24H,6-8,10H2,1-3H3,(H,28,29)/t16-,24-/m0/s1. The smallest absolute Gasteiger partial charge is 0.130 e. The molecule has 2 atom stereocenters. The Morgan fingerprint density at radius 3 is 2.87 bits per heavy atom. The molecular formula is C25H27ClN4. The van der Waals surface area contributed by atoms with Gasteiger partial charge < -0.3 is 9.88 Å². The van der Waals surface area contributed by atoms with Crippen molar-refractivity contribution in [1.29, 1.82) is 0 Å². The van der Waals surface area contributed by atoms with E-state index in [1.54, 1.807) is 0 Å². The topological polar surface area (TPSA) is 44.8 Å². The van der Waals surface area contributed by atoms with Crippen LogP contribution < -0.4 is 0 Å². The van der Waals surface area contributed by atoms with Gasteiger partial charge in [-0.15, -0.1) is 0 Å². The fourth-order valence-corrected chi connectivity index (χ4v) is 5.02. The van der Waals surface area contributed by atoms with E-state index >= 15 is 0 Å². The number of benzene rings is 1. The molecule has 1 saturated heterocycles. The Hall–Kier alpha value is -2.59. The van der Waals surface area contributed by atoms with Crippen LogP contribution >= 0.6 is 11.6 Å². The van der Waals surface area contributed by atoms with Crippen LogP contribution in [0.5, 0.6) is 0 Å². The van der Waals surface area contributed by atoms with Gasteiger partial charge in [0.1, 0.15) is 5.82 Å². The molecule has 2 aliphatic rings. The van der Waals surface area contributed by atoms with Crippen molar-refractivity contribution in [2.24, 2.45) is 5.92 Å². The van der Waals surface area contributed by atoms with Crippen LogP contribution in [-0.4, -0.2) is 26.4 Å². The lowest BCUT2D eigenvalue weighted by Crippen LogP contribution is -2.26. The summed E-state index contributed by atoms with van der Waals surface area (Å²) in [6, 6.07) is 8.50. The molecule has 30 heavy (non-hydrogen) atoms. The largest absolute Gasteiger partial charge is 0.361 e. The summed E-state index contributed by atoms with van der Waals surface area (Å²) in [5, 5.41) is 0.768. The van der Waals surface area contributed by atoms with Gasteiger partial charge in [0.2, 0.25) is 0 Å². The molecule has 0 amide bonds. The van der Waals surface area contributed by atoms with Crippen molar-refractivity contribution in [2.45, 2.75) is 46.1 Å². The third-order valence-corrected chi connectivity index (χ3v) is 6.95. The van der Waals surface area contributed by atoms with Gasteiger partial charge in [-0.25, -0.2) is 4.98 Å². The van der Waals surface area contributed by atoms with Crippen LogP contribution in [0.3, 0.4) is 0 Å². The highest BCUT2D eigenvalue weighted by Gasteiger charge is 2.37. The zero-order valence-electron chi connectivity index (χ0n) is 17.7. The van der Waals surface area contributed by atoms with E-state index in [4.69, 9.17) is 16.6 Å². The number of allylic oxidation sites excluding steroid dienone is 3. The molecule has 1 fully saturated rings. The Kier molecular flexibility index (Phi) is 4.90. The van der Waals surface area contributed by atoms with Gasteiger partial charge in [-0.3, -0.25) is 4.98 Å². The summed E-state index contributed by atoms with van der Waals surface area (Å²) < 4.78 is 0. The number of aromatic amines is 1. The summed E-state index contributed by atoms with van der Waals surface area (Å²) in [5.74, 6) is 1.55. The predicted molar refractivity (Wildman–Crippen MR) is 123 cm³/mol. The van der Waals surface area contributed by atoms with Gasteiger partial charge in [-0.05, 0) is 80.0 Å². The number of hydrogen-bond acceptors (Lipinski definition) is 3. The van der Waals surface area contributed by atoms with E-state index in [0.29, 0.717) is 5.92 Å². The van der Waals surface area contributed by atoms with Crippen LogP contribution in [0.25, 0.3) is 16.6 Å². The molecule has 0 radical (unpaired) electrons. The summed E-state index contributed by atoms with van der Waals surface area (Å²) in [6.07, 6.45) is 9.51. The Morgan fingerprint density at radius 2 is 2.07 bits per heavy atom. The molecule has 3 heterocycles. The molecule has 154 valence electrons. The van der Waals surface area contributed by atoms with Gasteiger partial charge in [0.15, 0.2) is 0 Å². The van der Waals surface area contributed by atoms with Gasteiger partial charge in [0.25, 0.3) is 0 Å². The van der Waals surface area contributed by atoms with Crippen molar-refractivity contribution in [3.05, 3.63) is 76.0 Å². The van der Waals surface area contributed by atoms with Gasteiger partial charge in [0, 0.05) is 29.7 Å². The summed E-state index contributed by atoms with van der Waals surface area (Å²) in [7, 11) is 0. The first-order valence-electron chi connectivity index (χ1n) is 10.7. The number of imidazole rings is 1. The predicted octanol–water partition coefficient (Wildman–Crippen LogP) is 6.45. The third kappa shape index (κ3) is 3.33. The van der Waals surface area contributed by atoms with Crippen molar-refractivity contribution in [3.8, 4) is 0 Å². The maximum Gasteiger partial charge on any atom is 0.130 e. The Morgan fingerprint density at radius 1 is 1.20 bits per heavy atom. The Bertz CT molecular complexity index is 1120. The number of rotatable bonds is 3. The lowest BCUT2D eigenvalue weighted by atomic mass is 9.91. The van der Waals surface area contributed by atoms with Gasteiger partial charge >= 0.3 is 0 Å². The number of hydrogen-bond donors (Lipinski definition) is 1. The van der Waals surface area contributed by atoms with Crippen molar-refractivity contribution in [3.63, 3.8) is 0 Å². The molecule has 0 bridgehead atoms. The second-order valence-corrected chi connectivity index (χ2v) is 9.15. The molecular weight excluding hydrogens is 392 g/mol. The molecule has 3 aromatic rings. The maximum absolute atomic E-state index is 6.35. The molecule has 5 heteroatoms. The minimum atomic E-state index is 0.223. The van der Waals surface area contributed by atoms with Gasteiger partial charge in [-0.1, -0.05) is 30.2 Å². The van der Waals surface area contributed by atoms with Crippen molar-refractivity contribution >= 4 is 28.2 Å². The first-order valence-corrected chi connectivity index (χ1v) is 11.1. The summed E-state index contributed by atoms with van der Waals surface area (Å²) in [5.41, 5.74) is 8.45. The van der Waals surface area contributed by atoms with Crippen molar-refractivity contribution < 1.29 is 0 Å². The fraction of sp³-hybridized carbons (Fsp3) is 0.360. The Labute approximate surface area is 182 Å². The lowest BCUT2D eigenvalue weighted by Gasteiger charge is -2.33. The zero-order valence-corrected chi connectivity index (χ0v) is 18.5. The first-order chi connectivity index (χ1) is 14.5. The molecule has 1 aromatic carbocycles. The fourth-order valence-electron chi connectivity index (χ4n) is 4.87. The number of aromatic nitrogens is 3. The normalized spacial score (nSPS) is 22.1.